The fraction of sp³-hybridized carbons (Fsp3) is 0.727. The van der Waals surface area contributed by atoms with E-state index in [1.807, 2.05) is 6.92 Å². The zero-order chi connectivity index (χ0) is 11.7. The van der Waals surface area contributed by atoms with E-state index in [-0.39, 0.29) is 29.6 Å². The highest BCUT2D eigenvalue weighted by Gasteiger charge is 2.04. The summed E-state index contributed by atoms with van der Waals surface area (Å²) in [6, 6.07) is 0. The smallest absolute Gasteiger partial charge is 0.333 e. The molecule has 0 aromatic heterocycles. The van der Waals surface area contributed by atoms with Crippen molar-refractivity contribution in [1.82, 2.24) is 4.90 Å². The molecule has 0 atom stereocenters. The molecule has 0 aromatic carbocycles. The highest BCUT2D eigenvalue weighted by atomic mass is 79.9. The molecule has 0 aliphatic carbocycles. The van der Waals surface area contributed by atoms with Crippen molar-refractivity contribution in [3.63, 3.8) is 0 Å². The third-order valence-electron chi connectivity index (χ3n) is 2.06. The van der Waals surface area contributed by atoms with Gasteiger partial charge in [-0.25, -0.2) is 4.79 Å². The minimum Gasteiger partial charge on any atom is -0.462 e. The Balaban J connectivity index is 0. The number of aliphatic hydroxyl groups excluding tert-OH is 1. The van der Waals surface area contributed by atoms with E-state index in [1.165, 1.54) is 0 Å². The molecule has 0 heterocycles. The van der Waals surface area contributed by atoms with Crippen LogP contribution in [-0.4, -0.2) is 48.8 Å². The van der Waals surface area contributed by atoms with Crippen molar-refractivity contribution in [2.45, 2.75) is 20.3 Å². The zero-order valence-electron chi connectivity index (χ0n) is 10.1. The molecule has 0 saturated heterocycles. The maximum Gasteiger partial charge on any atom is 0.333 e. The molecule has 0 spiro atoms. The van der Waals surface area contributed by atoms with Crippen LogP contribution in [0, 0.1) is 0 Å². The van der Waals surface area contributed by atoms with E-state index < -0.39 is 0 Å². The molecule has 0 amide bonds. The van der Waals surface area contributed by atoms with Gasteiger partial charge in [0.15, 0.2) is 0 Å². The number of likely N-dealkylation sites (N-methyl/N-ethyl adjacent to an activating group) is 1. The van der Waals surface area contributed by atoms with Crippen LogP contribution >= 0.6 is 17.0 Å². The van der Waals surface area contributed by atoms with Gasteiger partial charge in [0.05, 0.1) is 13.2 Å². The molecule has 0 radical (unpaired) electrons. The van der Waals surface area contributed by atoms with E-state index in [1.54, 1.807) is 6.92 Å². The molecular weight excluding hydrogens is 274 g/mol. The van der Waals surface area contributed by atoms with Gasteiger partial charge in [0.1, 0.15) is 0 Å². The number of halogens is 1. The molecule has 0 bridgehead atoms. The number of ether oxygens (including phenoxy) is 1. The SMILES string of the molecule is Br.C=C(C)C(=O)OCCCN(CC)CCO. The number of hydrogen-bond donors (Lipinski definition) is 1. The van der Waals surface area contributed by atoms with E-state index in [4.69, 9.17) is 9.84 Å². The van der Waals surface area contributed by atoms with Crippen LogP contribution in [0.2, 0.25) is 0 Å². The maximum absolute atomic E-state index is 11.0. The van der Waals surface area contributed by atoms with Crippen LogP contribution in [0.15, 0.2) is 12.2 Å². The first kappa shape index (κ1) is 18.0. The first-order valence-corrected chi connectivity index (χ1v) is 5.27. The van der Waals surface area contributed by atoms with Crippen molar-refractivity contribution in [3.8, 4) is 0 Å². The van der Waals surface area contributed by atoms with Crippen molar-refractivity contribution in [3.05, 3.63) is 12.2 Å². The molecule has 16 heavy (non-hydrogen) atoms. The first-order valence-electron chi connectivity index (χ1n) is 5.27. The normalized spacial score (nSPS) is 9.75. The number of aliphatic hydroxyl groups is 1. The van der Waals surface area contributed by atoms with Crippen LogP contribution in [0.5, 0.6) is 0 Å². The van der Waals surface area contributed by atoms with Crippen molar-refractivity contribution in [1.29, 1.82) is 0 Å². The summed E-state index contributed by atoms with van der Waals surface area (Å²) in [7, 11) is 0. The Morgan fingerprint density at radius 3 is 2.50 bits per heavy atom. The average molecular weight is 296 g/mol. The number of carbonyl (C=O) groups is 1. The number of carbonyl (C=O) groups excluding carboxylic acids is 1. The standard InChI is InChI=1S/C11H21NO3.BrH/c1-4-12(7-8-13)6-5-9-15-11(14)10(2)3;/h13H,2,4-9H2,1,3H3;1H. The molecule has 0 aliphatic rings. The summed E-state index contributed by atoms with van der Waals surface area (Å²) in [6.07, 6.45) is 0.785. The van der Waals surface area contributed by atoms with E-state index >= 15 is 0 Å². The Bertz CT molecular complexity index is 209. The second-order valence-corrected chi connectivity index (χ2v) is 3.43. The van der Waals surface area contributed by atoms with Crippen LogP contribution in [-0.2, 0) is 9.53 Å². The van der Waals surface area contributed by atoms with E-state index in [9.17, 15) is 4.79 Å². The molecule has 5 heteroatoms. The van der Waals surface area contributed by atoms with Gasteiger partial charge in [-0.05, 0) is 19.9 Å². The molecule has 0 rings (SSSR count). The summed E-state index contributed by atoms with van der Waals surface area (Å²) in [6.45, 7) is 10.1. The molecule has 0 aromatic rings. The van der Waals surface area contributed by atoms with Crippen LogP contribution < -0.4 is 0 Å². The predicted molar refractivity (Wildman–Crippen MR) is 69.9 cm³/mol. The van der Waals surface area contributed by atoms with Crippen molar-refractivity contribution in [2.75, 3.05) is 32.8 Å². The monoisotopic (exact) mass is 295 g/mol. The molecule has 0 fully saturated rings. The Morgan fingerprint density at radius 2 is 2.06 bits per heavy atom. The van der Waals surface area contributed by atoms with E-state index in [2.05, 4.69) is 11.5 Å². The summed E-state index contributed by atoms with van der Waals surface area (Å²) in [5.41, 5.74) is 0.428. The minimum atomic E-state index is -0.333. The Morgan fingerprint density at radius 1 is 1.44 bits per heavy atom. The van der Waals surface area contributed by atoms with Gasteiger partial charge in [-0.1, -0.05) is 13.5 Å². The summed E-state index contributed by atoms with van der Waals surface area (Å²) in [5.74, 6) is -0.333. The van der Waals surface area contributed by atoms with Gasteiger partial charge in [0.2, 0.25) is 0 Å². The van der Waals surface area contributed by atoms with Gasteiger partial charge < -0.3 is 14.7 Å². The fourth-order valence-corrected chi connectivity index (χ4v) is 1.15. The maximum atomic E-state index is 11.0. The third kappa shape index (κ3) is 8.88. The summed E-state index contributed by atoms with van der Waals surface area (Å²) in [5, 5.41) is 8.75. The Kier molecular flexibility index (Phi) is 12.5. The third-order valence-corrected chi connectivity index (χ3v) is 2.06. The summed E-state index contributed by atoms with van der Waals surface area (Å²) in [4.78, 5) is 13.1. The van der Waals surface area contributed by atoms with Crippen LogP contribution in [0.25, 0.3) is 0 Å². The second-order valence-electron chi connectivity index (χ2n) is 3.43. The lowest BCUT2D eigenvalue weighted by Crippen LogP contribution is -2.28. The second kappa shape index (κ2) is 11.1. The highest BCUT2D eigenvalue weighted by Crippen LogP contribution is 1.95. The quantitative estimate of drug-likeness (QED) is 0.418. The fourth-order valence-electron chi connectivity index (χ4n) is 1.15. The van der Waals surface area contributed by atoms with Crippen LogP contribution in [0.1, 0.15) is 20.3 Å². The Hall–Kier alpha value is -0.390. The first-order chi connectivity index (χ1) is 7.11. The molecule has 1 N–H and O–H groups in total. The lowest BCUT2D eigenvalue weighted by Gasteiger charge is -2.18. The van der Waals surface area contributed by atoms with Gasteiger partial charge >= 0.3 is 5.97 Å². The number of rotatable bonds is 8. The van der Waals surface area contributed by atoms with Crippen LogP contribution in [0.4, 0.5) is 0 Å². The highest BCUT2D eigenvalue weighted by molar-refractivity contribution is 8.93. The average Bonchev–Trinajstić information content (AvgIpc) is 2.22. The number of esters is 1. The van der Waals surface area contributed by atoms with Crippen molar-refractivity contribution < 1.29 is 14.6 Å². The molecule has 0 aliphatic heterocycles. The number of hydrogen-bond acceptors (Lipinski definition) is 4. The van der Waals surface area contributed by atoms with Crippen molar-refractivity contribution >= 4 is 23.0 Å². The van der Waals surface area contributed by atoms with Crippen LogP contribution in [0.3, 0.4) is 0 Å². The Labute approximate surface area is 108 Å². The van der Waals surface area contributed by atoms with Gasteiger partial charge in [0.25, 0.3) is 0 Å². The topological polar surface area (TPSA) is 49.8 Å². The van der Waals surface area contributed by atoms with E-state index in [0.29, 0.717) is 18.7 Å². The minimum absolute atomic E-state index is 0. The molecular formula is C11H22BrNO3. The van der Waals surface area contributed by atoms with E-state index in [0.717, 1.165) is 19.5 Å². The number of nitrogens with zero attached hydrogens (tertiary/aromatic N) is 1. The van der Waals surface area contributed by atoms with Gasteiger partial charge in [-0.3, -0.25) is 0 Å². The molecule has 0 saturated carbocycles. The van der Waals surface area contributed by atoms with Gasteiger partial charge in [0, 0.05) is 18.7 Å². The lowest BCUT2D eigenvalue weighted by atomic mass is 10.3. The zero-order valence-corrected chi connectivity index (χ0v) is 11.8. The largest absolute Gasteiger partial charge is 0.462 e. The van der Waals surface area contributed by atoms with Gasteiger partial charge in [-0.15, -0.1) is 17.0 Å². The lowest BCUT2D eigenvalue weighted by molar-refractivity contribution is -0.139. The molecule has 0 unspecified atom stereocenters. The predicted octanol–water partition coefficient (Wildman–Crippen LogP) is 1.39. The molecule has 96 valence electrons. The van der Waals surface area contributed by atoms with Crippen molar-refractivity contribution in [2.24, 2.45) is 0 Å². The molecule has 4 nitrogen and oxygen atoms in total. The van der Waals surface area contributed by atoms with Gasteiger partial charge in [-0.2, -0.15) is 0 Å². The summed E-state index contributed by atoms with van der Waals surface area (Å²) < 4.78 is 4.95. The summed E-state index contributed by atoms with van der Waals surface area (Å²) >= 11 is 0.